The van der Waals surface area contributed by atoms with E-state index in [-0.39, 0.29) is 16.2 Å². The van der Waals surface area contributed by atoms with Crippen LogP contribution in [-0.2, 0) is 4.79 Å². The van der Waals surface area contributed by atoms with Crippen LogP contribution in [-0.4, -0.2) is 34.3 Å². The Morgan fingerprint density at radius 1 is 1.29 bits per heavy atom. The maximum Gasteiger partial charge on any atom is 0.229 e. The fourth-order valence-electron chi connectivity index (χ4n) is 5.18. The molecule has 0 aromatic rings. The number of carbonyl (C=O) groups excluding carboxylic acids is 1. The van der Waals surface area contributed by atoms with Gasteiger partial charge in [0, 0.05) is 24.4 Å². The number of piperidine rings is 1. The molecule has 0 aromatic heterocycles. The molecule has 0 spiro atoms. The summed E-state index contributed by atoms with van der Waals surface area (Å²) in [6.07, 6.45) is 5.97. The fraction of sp³-hybridized carbons (Fsp3) is 0.882. The van der Waals surface area contributed by atoms with Crippen molar-refractivity contribution in [1.29, 1.82) is 0 Å². The van der Waals surface area contributed by atoms with Crippen LogP contribution >= 0.6 is 0 Å². The number of hydrogen-bond acceptors (Lipinski definition) is 3. The lowest BCUT2D eigenvalue weighted by Crippen LogP contribution is -2.52. The number of nitrogens with zero attached hydrogens (tertiary/aromatic N) is 2. The van der Waals surface area contributed by atoms with Crippen LogP contribution in [0, 0.1) is 16.2 Å². The van der Waals surface area contributed by atoms with Crippen LogP contribution in [0.1, 0.15) is 66.2 Å². The topological polar surface area (TPSA) is 52.9 Å². The summed E-state index contributed by atoms with van der Waals surface area (Å²) in [6, 6.07) is 0.346. The SMILES string of the molecule is C[C@H]1CCCCN1C(=O)[C@@]12CC[C@@](C)(/C(=N\O)C1)C2(C)C. The Morgan fingerprint density at radius 3 is 2.57 bits per heavy atom. The molecule has 2 saturated carbocycles. The van der Waals surface area contributed by atoms with Gasteiger partial charge in [0.25, 0.3) is 0 Å². The van der Waals surface area contributed by atoms with E-state index in [1.807, 2.05) is 0 Å². The monoisotopic (exact) mass is 292 g/mol. The average Bonchev–Trinajstić information content (AvgIpc) is 2.76. The van der Waals surface area contributed by atoms with Gasteiger partial charge < -0.3 is 10.1 Å². The zero-order valence-corrected chi connectivity index (χ0v) is 13.8. The quantitative estimate of drug-likeness (QED) is 0.594. The summed E-state index contributed by atoms with van der Waals surface area (Å²) >= 11 is 0. The van der Waals surface area contributed by atoms with Crippen molar-refractivity contribution in [2.45, 2.75) is 72.3 Å². The molecule has 1 aliphatic heterocycles. The van der Waals surface area contributed by atoms with Crippen molar-refractivity contribution >= 4 is 11.6 Å². The van der Waals surface area contributed by atoms with Gasteiger partial charge in [0.1, 0.15) is 0 Å². The van der Waals surface area contributed by atoms with Gasteiger partial charge in [-0.3, -0.25) is 4.79 Å². The van der Waals surface area contributed by atoms with E-state index in [1.165, 1.54) is 6.42 Å². The van der Waals surface area contributed by atoms with Crippen LogP contribution in [0.5, 0.6) is 0 Å². The molecule has 3 aliphatic rings. The van der Waals surface area contributed by atoms with E-state index < -0.39 is 0 Å². The number of oxime groups is 1. The first-order valence-electron chi connectivity index (χ1n) is 8.33. The molecule has 3 atom stereocenters. The summed E-state index contributed by atoms with van der Waals surface area (Å²) in [6.45, 7) is 9.63. The third-order valence-corrected chi connectivity index (χ3v) is 7.33. The summed E-state index contributed by atoms with van der Waals surface area (Å²) < 4.78 is 0. The van der Waals surface area contributed by atoms with Crippen LogP contribution in [0.3, 0.4) is 0 Å². The van der Waals surface area contributed by atoms with Crippen molar-refractivity contribution in [3.8, 4) is 0 Å². The highest BCUT2D eigenvalue weighted by Crippen LogP contribution is 2.71. The molecule has 3 fully saturated rings. The Labute approximate surface area is 127 Å². The van der Waals surface area contributed by atoms with Crippen LogP contribution < -0.4 is 0 Å². The van der Waals surface area contributed by atoms with Crippen LogP contribution in [0.2, 0.25) is 0 Å². The minimum atomic E-state index is -0.366. The van der Waals surface area contributed by atoms with E-state index in [0.29, 0.717) is 18.4 Å². The second-order valence-electron chi connectivity index (χ2n) is 8.11. The number of likely N-dealkylation sites (tertiary alicyclic amines) is 1. The standard InChI is InChI=1S/C17H28N2O2/c1-12-7-5-6-10-19(12)14(20)17-9-8-16(4,15(17,2)3)13(11-17)18-21/h12,21H,5-11H2,1-4H3/b18-13-/t12-,16-,17+/m0/s1. The van der Waals surface area contributed by atoms with Gasteiger partial charge in [0.2, 0.25) is 5.91 Å². The maximum atomic E-state index is 13.4. The van der Waals surface area contributed by atoms with E-state index in [1.54, 1.807) is 0 Å². The highest BCUT2D eigenvalue weighted by molar-refractivity contribution is 6.02. The maximum absolute atomic E-state index is 13.4. The van der Waals surface area contributed by atoms with Crippen LogP contribution in [0.4, 0.5) is 0 Å². The normalized spacial score (nSPS) is 43.5. The Hall–Kier alpha value is -1.06. The molecule has 1 saturated heterocycles. The molecule has 1 amide bonds. The molecule has 0 unspecified atom stereocenters. The molecule has 1 N–H and O–H groups in total. The van der Waals surface area contributed by atoms with Gasteiger partial charge in [-0.05, 0) is 44.4 Å². The van der Waals surface area contributed by atoms with Crippen molar-refractivity contribution in [3.05, 3.63) is 0 Å². The number of hydrogen-bond donors (Lipinski definition) is 1. The number of fused-ring (bicyclic) bond motifs is 2. The van der Waals surface area contributed by atoms with E-state index in [4.69, 9.17) is 0 Å². The number of carbonyl (C=O) groups is 1. The molecular formula is C17H28N2O2. The summed E-state index contributed by atoms with van der Waals surface area (Å²) in [5, 5.41) is 13.0. The Kier molecular flexibility index (Phi) is 3.16. The lowest BCUT2D eigenvalue weighted by molar-refractivity contribution is -0.151. The van der Waals surface area contributed by atoms with Crippen LogP contribution in [0.25, 0.3) is 0 Å². The molecule has 2 bridgehead atoms. The van der Waals surface area contributed by atoms with Crippen molar-refractivity contribution in [2.24, 2.45) is 21.4 Å². The van der Waals surface area contributed by atoms with Crippen molar-refractivity contribution < 1.29 is 10.0 Å². The summed E-state index contributed by atoms with van der Waals surface area (Å²) in [7, 11) is 0. The summed E-state index contributed by atoms with van der Waals surface area (Å²) in [5.74, 6) is 0.307. The average molecular weight is 292 g/mol. The van der Waals surface area contributed by atoms with Crippen molar-refractivity contribution in [1.82, 2.24) is 4.90 Å². The predicted molar refractivity (Wildman–Crippen MR) is 82.4 cm³/mol. The van der Waals surface area contributed by atoms with Gasteiger partial charge in [0.05, 0.1) is 11.1 Å². The highest BCUT2D eigenvalue weighted by Gasteiger charge is 2.72. The summed E-state index contributed by atoms with van der Waals surface area (Å²) in [5.41, 5.74) is 0.179. The van der Waals surface area contributed by atoms with Gasteiger partial charge in [-0.2, -0.15) is 0 Å². The molecule has 3 rings (SSSR count). The molecule has 118 valence electrons. The number of rotatable bonds is 1. The Balaban J connectivity index is 1.99. The Morgan fingerprint density at radius 2 is 2.00 bits per heavy atom. The van der Waals surface area contributed by atoms with E-state index >= 15 is 0 Å². The largest absolute Gasteiger partial charge is 0.411 e. The van der Waals surface area contributed by atoms with Gasteiger partial charge in [-0.25, -0.2) is 0 Å². The summed E-state index contributed by atoms with van der Waals surface area (Å²) in [4.78, 5) is 15.5. The molecule has 0 radical (unpaired) electrons. The minimum absolute atomic E-state index is 0.142. The van der Waals surface area contributed by atoms with Gasteiger partial charge >= 0.3 is 0 Å². The molecule has 21 heavy (non-hydrogen) atoms. The molecule has 1 heterocycles. The fourth-order valence-corrected chi connectivity index (χ4v) is 5.18. The first-order valence-corrected chi connectivity index (χ1v) is 8.33. The van der Waals surface area contributed by atoms with Gasteiger partial charge in [0.15, 0.2) is 0 Å². The van der Waals surface area contributed by atoms with Gasteiger partial charge in [-0.15, -0.1) is 0 Å². The lowest BCUT2D eigenvalue weighted by atomic mass is 9.64. The van der Waals surface area contributed by atoms with Gasteiger partial charge in [-0.1, -0.05) is 25.9 Å². The molecule has 4 nitrogen and oxygen atoms in total. The lowest BCUT2D eigenvalue weighted by Gasteiger charge is -2.44. The highest BCUT2D eigenvalue weighted by atomic mass is 16.4. The zero-order chi connectivity index (χ0) is 15.5. The third kappa shape index (κ3) is 1.62. The zero-order valence-electron chi connectivity index (χ0n) is 13.8. The van der Waals surface area contributed by atoms with Crippen molar-refractivity contribution in [3.63, 3.8) is 0 Å². The first kappa shape index (κ1) is 14.9. The van der Waals surface area contributed by atoms with E-state index in [9.17, 15) is 10.0 Å². The molecule has 0 aromatic carbocycles. The van der Waals surface area contributed by atoms with E-state index in [0.717, 1.165) is 37.9 Å². The second kappa shape index (κ2) is 4.47. The molecular weight excluding hydrogens is 264 g/mol. The van der Waals surface area contributed by atoms with Crippen LogP contribution in [0.15, 0.2) is 5.16 Å². The molecule has 4 heteroatoms. The second-order valence-corrected chi connectivity index (χ2v) is 8.11. The number of amides is 1. The van der Waals surface area contributed by atoms with Crippen molar-refractivity contribution in [2.75, 3.05) is 6.54 Å². The Bertz CT molecular complexity index is 499. The minimum Gasteiger partial charge on any atom is -0.411 e. The third-order valence-electron chi connectivity index (χ3n) is 7.33. The smallest absolute Gasteiger partial charge is 0.229 e. The van der Waals surface area contributed by atoms with E-state index in [2.05, 4.69) is 37.8 Å². The predicted octanol–water partition coefficient (Wildman–Crippen LogP) is 3.43. The molecule has 2 aliphatic carbocycles. The first-order chi connectivity index (χ1) is 9.80.